The van der Waals surface area contributed by atoms with Gasteiger partial charge < -0.3 is 24.6 Å². The van der Waals surface area contributed by atoms with E-state index in [0.717, 1.165) is 82.4 Å². The summed E-state index contributed by atoms with van der Waals surface area (Å²) in [4.78, 5) is 11.8. The molecule has 7 rings (SSSR count). The van der Waals surface area contributed by atoms with Gasteiger partial charge in [-0.3, -0.25) is 9.58 Å². The topological polar surface area (TPSA) is 150 Å². The van der Waals surface area contributed by atoms with Gasteiger partial charge in [0, 0.05) is 43.5 Å². The summed E-state index contributed by atoms with van der Waals surface area (Å²) >= 11 is 6.46. The summed E-state index contributed by atoms with van der Waals surface area (Å²) in [5.41, 5.74) is 1.77. The Labute approximate surface area is 284 Å². The SMILES string of the molecule is C[C@@H](Cn1cnnn1)Oc1cc(-c2cnc(Nc3cn(C4CCC(N5CCOCC5)CC4)nc3OCCC3(O)CCC3)nc2)ccc1Cl. The molecule has 1 saturated heterocycles. The van der Waals surface area contributed by atoms with Gasteiger partial charge in [0.25, 0.3) is 5.88 Å². The van der Waals surface area contributed by atoms with Gasteiger partial charge >= 0.3 is 0 Å². The maximum absolute atomic E-state index is 10.6. The van der Waals surface area contributed by atoms with E-state index in [0.29, 0.717) is 53.9 Å². The van der Waals surface area contributed by atoms with Crippen molar-refractivity contribution >= 4 is 23.2 Å². The average Bonchev–Trinajstić information content (AvgIpc) is 3.76. The molecule has 0 unspecified atom stereocenters. The van der Waals surface area contributed by atoms with E-state index >= 15 is 0 Å². The van der Waals surface area contributed by atoms with Crippen LogP contribution < -0.4 is 14.8 Å². The monoisotopic (exact) mass is 678 g/mol. The molecule has 1 aromatic carbocycles. The summed E-state index contributed by atoms with van der Waals surface area (Å²) in [6.07, 6.45) is 14.5. The van der Waals surface area contributed by atoms with E-state index in [1.165, 1.54) is 0 Å². The van der Waals surface area contributed by atoms with E-state index in [1.807, 2.05) is 29.9 Å². The molecule has 4 heterocycles. The van der Waals surface area contributed by atoms with E-state index in [2.05, 4.69) is 35.7 Å². The Balaban J connectivity index is 1.02. The Bertz CT molecular complexity index is 1620. The summed E-state index contributed by atoms with van der Waals surface area (Å²) in [6, 6.07) is 6.48. The molecule has 15 heteroatoms. The Morgan fingerprint density at radius 1 is 1.08 bits per heavy atom. The molecule has 2 N–H and O–H groups in total. The highest BCUT2D eigenvalue weighted by molar-refractivity contribution is 6.32. The fourth-order valence-electron chi connectivity index (χ4n) is 6.77. The molecule has 14 nitrogen and oxygen atoms in total. The number of tetrazole rings is 1. The zero-order valence-corrected chi connectivity index (χ0v) is 28.0. The summed E-state index contributed by atoms with van der Waals surface area (Å²) < 4.78 is 21.5. The van der Waals surface area contributed by atoms with Crippen molar-refractivity contribution in [3.63, 3.8) is 0 Å². The molecule has 3 aliphatic rings. The second kappa shape index (κ2) is 14.7. The van der Waals surface area contributed by atoms with Crippen LogP contribution in [0.4, 0.5) is 11.6 Å². The van der Waals surface area contributed by atoms with Crippen LogP contribution >= 0.6 is 11.6 Å². The number of nitrogens with zero attached hydrogens (tertiary/aromatic N) is 9. The maximum Gasteiger partial charge on any atom is 0.256 e. The number of anilines is 2. The minimum Gasteiger partial charge on any atom is -0.487 e. The second-order valence-corrected chi connectivity index (χ2v) is 13.5. The van der Waals surface area contributed by atoms with E-state index < -0.39 is 5.60 Å². The molecule has 4 aromatic rings. The molecule has 0 amide bonds. The van der Waals surface area contributed by atoms with Crippen molar-refractivity contribution in [1.82, 2.24) is 44.9 Å². The number of nitrogens with one attached hydrogen (secondary N) is 1. The molecule has 1 aliphatic heterocycles. The number of morpholine rings is 1. The molecule has 0 radical (unpaired) electrons. The van der Waals surface area contributed by atoms with Crippen LogP contribution in [-0.2, 0) is 11.3 Å². The van der Waals surface area contributed by atoms with Gasteiger partial charge in [-0.05, 0) is 80.0 Å². The third-order valence-electron chi connectivity index (χ3n) is 9.72. The minimum atomic E-state index is -0.619. The van der Waals surface area contributed by atoms with E-state index in [9.17, 15) is 5.11 Å². The predicted octanol–water partition coefficient (Wildman–Crippen LogP) is 4.69. The Morgan fingerprint density at radius 2 is 1.85 bits per heavy atom. The summed E-state index contributed by atoms with van der Waals surface area (Å²) in [5, 5.41) is 30.6. The number of hydrogen-bond acceptors (Lipinski definition) is 12. The normalized spacial score (nSPS) is 21.7. The third kappa shape index (κ3) is 7.88. The van der Waals surface area contributed by atoms with Gasteiger partial charge in [0.1, 0.15) is 23.9 Å². The maximum atomic E-state index is 10.6. The molecule has 2 saturated carbocycles. The quantitative estimate of drug-likeness (QED) is 0.202. The Kier molecular flexibility index (Phi) is 10.0. The average molecular weight is 679 g/mol. The van der Waals surface area contributed by atoms with E-state index in [-0.39, 0.29) is 12.1 Å². The predicted molar refractivity (Wildman–Crippen MR) is 178 cm³/mol. The first-order chi connectivity index (χ1) is 23.4. The van der Waals surface area contributed by atoms with Crippen LogP contribution in [-0.4, -0.2) is 101 Å². The van der Waals surface area contributed by atoms with Gasteiger partial charge in [0.05, 0.1) is 49.2 Å². The van der Waals surface area contributed by atoms with Crippen molar-refractivity contribution in [1.29, 1.82) is 0 Å². The summed E-state index contributed by atoms with van der Waals surface area (Å²) in [5.74, 6) is 1.48. The largest absolute Gasteiger partial charge is 0.487 e. The fraction of sp³-hybridized carbons (Fsp3) is 0.576. The highest BCUT2D eigenvalue weighted by Crippen LogP contribution is 2.37. The van der Waals surface area contributed by atoms with Gasteiger partial charge in [0.2, 0.25) is 5.95 Å². The van der Waals surface area contributed by atoms with Gasteiger partial charge in [-0.25, -0.2) is 14.6 Å². The number of aromatic nitrogens is 8. The van der Waals surface area contributed by atoms with Crippen LogP contribution in [0.25, 0.3) is 11.1 Å². The minimum absolute atomic E-state index is 0.210. The first-order valence-corrected chi connectivity index (χ1v) is 17.3. The lowest BCUT2D eigenvalue weighted by atomic mass is 9.78. The Morgan fingerprint density at radius 3 is 2.56 bits per heavy atom. The number of hydrogen-bond donors (Lipinski definition) is 2. The number of benzene rings is 1. The summed E-state index contributed by atoms with van der Waals surface area (Å²) in [6.45, 7) is 6.49. The lowest BCUT2D eigenvalue weighted by Crippen LogP contribution is -2.45. The second-order valence-electron chi connectivity index (χ2n) is 13.1. The summed E-state index contributed by atoms with van der Waals surface area (Å²) in [7, 11) is 0. The smallest absolute Gasteiger partial charge is 0.256 e. The van der Waals surface area contributed by atoms with Gasteiger partial charge in [-0.1, -0.05) is 17.7 Å². The van der Waals surface area contributed by atoms with Crippen molar-refractivity contribution < 1.29 is 19.3 Å². The van der Waals surface area contributed by atoms with E-state index in [1.54, 1.807) is 29.5 Å². The van der Waals surface area contributed by atoms with Crippen LogP contribution in [0.3, 0.4) is 0 Å². The number of aliphatic hydroxyl groups is 1. The molecular formula is C33H43ClN10O4. The van der Waals surface area contributed by atoms with Crippen molar-refractivity contribution in [2.45, 2.75) is 88.6 Å². The van der Waals surface area contributed by atoms with Crippen molar-refractivity contribution in [2.75, 3.05) is 38.2 Å². The molecular weight excluding hydrogens is 636 g/mol. The van der Waals surface area contributed by atoms with Gasteiger partial charge in [-0.2, -0.15) is 0 Å². The zero-order valence-electron chi connectivity index (χ0n) is 27.2. The van der Waals surface area contributed by atoms with Crippen LogP contribution in [0.2, 0.25) is 5.02 Å². The lowest BCUT2D eigenvalue weighted by Gasteiger charge is -2.38. The number of ether oxygens (including phenoxy) is 3. The molecule has 0 bridgehead atoms. The molecule has 2 aliphatic carbocycles. The first-order valence-electron chi connectivity index (χ1n) is 16.9. The standard InChI is InChI=1S/C33H43ClN10O4/c1-23(20-43-22-37-40-41-43)48-30-17-24(3-8-28(30)34)25-18-35-32(36-19-25)38-29-21-44(39-31(29)47-14-11-33(45)9-2-10-33)27-6-4-26(5-7-27)42-12-15-46-16-13-42/h3,8,17-19,21-23,26-27,45H,2,4-7,9-16,20H2,1H3,(H,35,36,38)/t23-,26?,27?/m0/s1. The van der Waals surface area contributed by atoms with Crippen LogP contribution in [0.1, 0.15) is 64.3 Å². The van der Waals surface area contributed by atoms with Crippen molar-refractivity contribution in [2.24, 2.45) is 0 Å². The Hall–Kier alpha value is -3.85. The fourth-order valence-corrected chi connectivity index (χ4v) is 6.94. The number of halogens is 1. The van der Waals surface area contributed by atoms with Crippen LogP contribution in [0.5, 0.6) is 11.6 Å². The van der Waals surface area contributed by atoms with Gasteiger partial charge in [-0.15, -0.1) is 10.2 Å². The third-order valence-corrected chi connectivity index (χ3v) is 10.0. The highest BCUT2D eigenvalue weighted by Gasteiger charge is 2.34. The molecule has 1 atom stereocenters. The highest BCUT2D eigenvalue weighted by atomic mass is 35.5. The van der Waals surface area contributed by atoms with E-state index in [4.69, 9.17) is 30.9 Å². The van der Waals surface area contributed by atoms with Crippen molar-refractivity contribution in [3.8, 4) is 22.8 Å². The number of rotatable bonds is 13. The van der Waals surface area contributed by atoms with Crippen LogP contribution in [0, 0.1) is 0 Å². The van der Waals surface area contributed by atoms with Crippen LogP contribution in [0.15, 0.2) is 43.1 Å². The first kappa shape index (κ1) is 32.7. The molecule has 256 valence electrons. The van der Waals surface area contributed by atoms with Gasteiger partial charge in [0.15, 0.2) is 0 Å². The molecule has 3 fully saturated rings. The van der Waals surface area contributed by atoms with Crippen molar-refractivity contribution in [3.05, 3.63) is 48.1 Å². The molecule has 48 heavy (non-hydrogen) atoms. The zero-order chi connectivity index (χ0) is 32.9. The lowest BCUT2D eigenvalue weighted by molar-refractivity contribution is -0.0485. The molecule has 0 spiro atoms. The molecule has 3 aromatic heterocycles.